The summed E-state index contributed by atoms with van der Waals surface area (Å²) in [5, 5.41) is 6.79. The van der Waals surface area contributed by atoms with Crippen LogP contribution in [0.1, 0.15) is 35.1 Å². The van der Waals surface area contributed by atoms with Gasteiger partial charge in [0.1, 0.15) is 5.82 Å². The summed E-state index contributed by atoms with van der Waals surface area (Å²) in [6, 6.07) is 13.9. The Labute approximate surface area is 167 Å². The van der Waals surface area contributed by atoms with Crippen LogP contribution in [-0.4, -0.2) is 32.8 Å². The third-order valence-corrected chi connectivity index (χ3v) is 5.68. The molecule has 0 unspecified atom stereocenters. The van der Waals surface area contributed by atoms with Crippen molar-refractivity contribution in [2.75, 3.05) is 26.8 Å². The van der Waals surface area contributed by atoms with E-state index in [1.165, 1.54) is 11.1 Å². The van der Waals surface area contributed by atoms with Gasteiger partial charge >= 0.3 is 0 Å². The van der Waals surface area contributed by atoms with Crippen LogP contribution in [-0.2, 0) is 16.7 Å². The molecular formula is C23H30FN3O. The van der Waals surface area contributed by atoms with E-state index >= 15 is 0 Å². The summed E-state index contributed by atoms with van der Waals surface area (Å²) in [7, 11) is 1.76. The Morgan fingerprint density at radius 1 is 1.07 bits per heavy atom. The second-order valence-electron chi connectivity index (χ2n) is 7.57. The normalized spacial score (nSPS) is 16.6. The summed E-state index contributed by atoms with van der Waals surface area (Å²) < 4.78 is 19.4. The van der Waals surface area contributed by atoms with E-state index in [1.807, 2.05) is 6.07 Å². The molecule has 28 heavy (non-hydrogen) atoms. The first-order chi connectivity index (χ1) is 13.5. The van der Waals surface area contributed by atoms with Gasteiger partial charge in [0.2, 0.25) is 0 Å². The fraction of sp³-hybridized carbons (Fsp3) is 0.435. The molecule has 2 aromatic carbocycles. The average molecular weight is 384 g/mol. The summed E-state index contributed by atoms with van der Waals surface area (Å²) in [5.74, 6) is 0.545. The van der Waals surface area contributed by atoms with E-state index in [1.54, 1.807) is 26.1 Å². The number of nitrogens with zero attached hydrogens (tertiary/aromatic N) is 1. The summed E-state index contributed by atoms with van der Waals surface area (Å²) in [4.78, 5) is 4.34. The molecule has 2 aromatic rings. The highest BCUT2D eigenvalue weighted by Gasteiger charge is 2.35. The van der Waals surface area contributed by atoms with Crippen molar-refractivity contribution in [3.63, 3.8) is 0 Å². The van der Waals surface area contributed by atoms with Crippen molar-refractivity contribution in [1.82, 2.24) is 10.6 Å². The monoisotopic (exact) mass is 383 g/mol. The van der Waals surface area contributed by atoms with Gasteiger partial charge in [-0.05, 0) is 55.0 Å². The molecule has 0 radical (unpaired) electrons. The lowest BCUT2D eigenvalue weighted by molar-refractivity contribution is 0.0512. The van der Waals surface area contributed by atoms with Gasteiger partial charge in [-0.15, -0.1) is 0 Å². The largest absolute Gasteiger partial charge is 0.381 e. The molecule has 0 aromatic heterocycles. The highest BCUT2D eigenvalue weighted by molar-refractivity contribution is 5.79. The Kier molecular flexibility index (Phi) is 6.68. The first kappa shape index (κ1) is 20.3. The van der Waals surface area contributed by atoms with Gasteiger partial charge in [0.25, 0.3) is 0 Å². The Morgan fingerprint density at radius 3 is 2.50 bits per heavy atom. The number of hydrogen-bond donors (Lipinski definition) is 2. The molecule has 1 heterocycles. The van der Waals surface area contributed by atoms with Gasteiger partial charge in [0, 0.05) is 38.8 Å². The number of guanidine groups is 1. The molecule has 5 heteroatoms. The van der Waals surface area contributed by atoms with Crippen LogP contribution < -0.4 is 10.6 Å². The second kappa shape index (κ2) is 9.20. The van der Waals surface area contributed by atoms with E-state index in [0.717, 1.165) is 44.1 Å². The molecule has 150 valence electrons. The molecular weight excluding hydrogens is 353 g/mol. The Balaban J connectivity index is 1.67. The number of nitrogens with one attached hydrogen (secondary N) is 2. The quantitative estimate of drug-likeness (QED) is 0.609. The molecule has 0 saturated carbocycles. The summed E-state index contributed by atoms with van der Waals surface area (Å²) in [5.41, 5.74) is 4.26. The fourth-order valence-corrected chi connectivity index (χ4v) is 3.88. The van der Waals surface area contributed by atoms with Crippen LogP contribution in [0.25, 0.3) is 0 Å². The van der Waals surface area contributed by atoms with Gasteiger partial charge in [-0.25, -0.2) is 4.39 Å². The Hall–Kier alpha value is -2.40. The van der Waals surface area contributed by atoms with Gasteiger partial charge in [0.05, 0.1) is 0 Å². The SMILES string of the molecule is CN=C(NCc1ccc(C)c(F)c1)NCC1(c2ccccc2C)CCOCC1. The van der Waals surface area contributed by atoms with Crippen LogP contribution in [0, 0.1) is 19.7 Å². The minimum Gasteiger partial charge on any atom is -0.381 e. The lowest BCUT2D eigenvalue weighted by atomic mass is 9.72. The second-order valence-corrected chi connectivity index (χ2v) is 7.57. The van der Waals surface area contributed by atoms with Crippen LogP contribution in [0.4, 0.5) is 4.39 Å². The number of aryl methyl sites for hydroxylation is 2. The number of ether oxygens (including phenoxy) is 1. The van der Waals surface area contributed by atoms with Crippen molar-refractivity contribution in [3.05, 3.63) is 70.5 Å². The Morgan fingerprint density at radius 2 is 1.82 bits per heavy atom. The van der Waals surface area contributed by atoms with Crippen LogP contribution >= 0.6 is 0 Å². The van der Waals surface area contributed by atoms with E-state index in [2.05, 4.69) is 46.8 Å². The summed E-state index contributed by atoms with van der Waals surface area (Å²) in [6.07, 6.45) is 1.95. The molecule has 4 nitrogen and oxygen atoms in total. The van der Waals surface area contributed by atoms with Gasteiger partial charge in [0.15, 0.2) is 5.96 Å². The molecule has 0 atom stereocenters. The molecule has 1 saturated heterocycles. The van der Waals surface area contributed by atoms with Crippen molar-refractivity contribution in [1.29, 1.82) is 0 Å². The van der Waals surface area contributed by atoms with Crippen LogP contribution in [0.15, 0.2) is 47.5 Å². The minimum absolute atomic E-state index is 0.0250. The van der Waals surface area contributed by atoms with E-state index in [4.69, 9.17) is 4.74 Å². The standard InChI is InChI=1S/C23H30FN3O/c1-17-6-4-5-7-20(17)23(10-12-28-13-11-23)16-27-22(25-3)26-15-19-9-8-18(2)21(24)14-19/h4-9,14H,10-13,15-16H2,1-3H3,(H2,25,26,27). The number of hydrogen-bond acceptors (Lipinski definition) is 2. The molecule has 0 amide bonds. The predicted molar refractivity (Wildman–Crippen MR) is 112 cm³/mol. The average Bonchev–Trinajstić information content (AvgIpc) is 2.71. The number of benzene rings is 2. The van der Waals surface area contributed by atoms with Gasteiger partial charge in [-0.2, -0.15) is 0 Å². The molecule has 2 N–H and O–H groups in total. The van der Waals surface area contributed by atoms with Crippen molar-refractivity contribution in [2.24, 2.45) is 4.99 Å². The molecule has 1 aliphatic rings. The maximum atomic E-state index is 13.8. The zero-order valence-corrected chi connectivity index (χ0v) is 17.0. The van der Waals surface area contributed by atoms with Crippen molar-refractivity contribution in [3.8, 4) is 0 Å². The maximum Gasteiger partial charge on any atom is 0.191 e. The molecule has 0 bridgehead atoms. The number of rotatable bonds is 5. The van der Waals surface area contributed by atoms with Crippen LogP contribution in [0.3, 0.4) is 0 Å². The first-order valence-electron chi connectivity index (χ1n) is 9.87. The summed E-state index contributed by atoms with van der Waals surface area (Å²) in [6.45, 7) is 6.79. The lowest BCUT2D eigenvalue weighted by Gasteiger charge is -2.39. The zero-order valence-electron chi connectivity index (χ0n) is 17.0. The van der Waals surface area contributed by atoms with E-state index in [-0.39, 0.29) is 11.2 Å². The lowest BCUT2D eigenvalue weighted by Crippen LogP contribution is -2.48. The maximum absolute atomic E-state index is 13.8. The molecule has 3 rings (SSSR count). The highest BCUT2D eigenvalue weighted by Crippen LogP contribution is 2.36. The van der Waals surface area contributed by atoms with Crippen molar-refractivity contribution in [2.45, 2.75) is 38.6 Å². The number of halogens is 1. The molecule has 0 spiro atoms. The van der Waals surface area contributed by atoms with Crippen LogP contribution in [0.2, 0.25) is 0 Å². The highest BCUT2D eigenvalue weighted by atomic mass is 19.1. The third-order valence-electron chi connectivity index (χ3n) is 5.68. The fourth-order valence-electron chi connectivity index (χ4n) is 3.88. The topological polar surface area (TPSA) is 45.7 Å². The number of aliphatic imine (C=N–C) groups is 1. The van der Waals surface area contributed by atoms with E-state index in [9.17, 15) is 4.39 Å². The smallest absolute Gasteiger partial charge is 0.191 e. The molecule has 1 fully saturated rings. The molecule has 0 aliphatic carbocycles. The zero-order chi connectivity index (χ0) is 20.0. The van der Waals surface area contributed by atoms with Crippen molar-refractivity contribution >= 4 is 5.96 Å². The Bertz CT molecular complexity index is 828. The first-order valence-corrected chi connectivity index (χ1v) is 9.87. The van der Waals surface area contributed by atoms with Gasteiger partial charge in [-0.1, -0.05) is 36.4 Å². The van der Waals surface area contributed by atoms with Gasteiger partial charge < -0.3 is 15.4 Å². The predicted octanol–water partition coefficient (Wildman–Crippen LogP) is 3.86. The van der Waals surface area contributed by atoms with E-state index < -0.39 is 0 Å². The van der Waals surface area contributed by atoms with Gasteiger partial charge in [-0.3, -0.25) is 4.99 Å². The third kappa shape index (κ3) is 4.71. The summed E-state index contributed by atoms with van der Waals surface area (Å²) >= 11 is 0. The van der Waals surface area contributed by atoms with Crippen LogP contribution in [0.5, 0.6) is 0 Å². The van der Waals surface area contributed by atoms with E-state index in [0.29, 0.717) is 12.1 Å². The minimum atomic E-state index is -0.178. The van der Waals surface area contributed by atoms with Crippen molar-refractivity contribution < 1.29 is 9.13 Å². The molecule has 1 aliphatic heterocycles.